The Balaban J connectivity index is 0.000000211. The first-order valence-corrected chi connectivity index (χ1v) is 8.87. The van der Waals surface area contributed by atoms with Gasteiger partial charge in [0.25, 0.3) is 0 Å². The summed E-state index contributed by atoms with van der Waals surface area (Å²) in [6.07, 6.45) is 4.89. The third kappa shape index (κ3) is 3.68. The van der Waals surface area contributed by atoms with Gasteiger partial charge in [-0.2, -0.15) is 0 Å². The van der Waals surface area contributed by atoms with Crippen molar-refractivity contribution in [3.8, 4) is 11.5 Å². The summed E-state index contributed by atoms with van der Waals surface area (Å²) in [7, 11) is 3.15. The van der Waals surface area contributed by atoms with Crippen LogP contribution < -0.4 is 15.2 Å². The smallest absolute Gasteiger partial charge is 0.319 e. The van der Waals surface area contributed by atoms with E-state index in [4.69, 9.17) is 19.9 Å². The Labute approximate surface area is 162 Å². The lowest BCUT2D eigenvalue weighted by Crippen LogP contribution is -2.24. The topological polar surface area (TPSA) is 114 Å². The van der Waals surface area contributed by atoms with Gasteiger partial charge in [-0.3, -0.25) is 4.79 Å². The first kappa shape index (κ1) is 19.4. The minimum absolute atomic E-state index is 0.232. The molecule has 4 rings (SSSR count). The van der Waals surface area contributed by atoms with E-state index in [-0.39, 0.29) is 5.97 Å². The van der Waals surface area contributed by atoms with Crippen molar-refractivity contribution >= 4 is 17.4 Å². The van der Waals surface area contributed by atoms with Crippen LogP contribution in [0.2, 0.25) is 0 Å². The Bertz CT molecular complexity index is 968. The van der Waals surface area contributed by atoms with Gasteiger partial charge < -0.3 is 19.9 Å². The van der Waals surface area contributed by atoms with Gasteiger partial charge in [0.1, 0.15) is 5.41 Å². The molecule has 0 spiro atoms. The molecule has 0 radical (unpaired) electrons. The average Bonchev–Trinajstić information content (AvgIpc) is 3.41. The maximum atomic E-state index is 12.0. The maximum Gasteiger partial charge on any atom is 0.319 e. The van der Waals surface area contributed by atoms with Crippen molar-refractivity contribution in [1.29, 1.82) is 0 Å². The van der Waals surface area contributed by atoms with Crippen LogP contribution in [0.15, 0.2) is 36.7 Å². The molecule has 0 amide bonds. The average molecular weight is 385 g/mol. The van der Waals surface area contributed by atoms with E-state index in [9.17, 15) is 4.79 Å². The molecule has 3 aromatic rings. The zero-order valence-electron chi connectivity index (χ0n) is 16.1. The van der Waals surface area contributed by atoms with Crippen molar-refractivity contribution in [1.82, 2.24) is 19.6 Å². The lowest BCUT2D eigenvalue weighted by atomic mass is 10.1. The summed E-state index contributed by atoms with van der Waals surface area (Å²) in [5.41, 5.74) is 5.37. The SMILES string of the molecule is CCOC(=O)C1(c2nc3c(OC)cccn3n2)CC1.COc1cccnc1N. The Morgan fingerprint density at radius 2 is 1.93 bits per heavy atom. The van der Waals surface area contributed by atoms with Crippen molar-refractivity contribution < 1.29 is 19.0 Å². The van der Waals surface area contributed by atoms with Crippen molar-refractivity contribution in [3.63, 3.8) is 0 Å². The van der Waals surface area contributed by atoms with Crippen LogP contribution in [-0.2, 0) is 14.9 Å². The molecule has 1 aliphatic rings. The van der Waals surface area contributed by atoms with Crippen molar-refractivity contribution in [2.45, 2.75) is 25.2 Å². The van der Waals surface area contributed by atoms with Crippen LogP contribution in [0.4, 0.5) is 5.82 Å². The second kappa shape index (κ2) is 8.12. The summed E-state index contributed by atoms with van der Waals surface area (Å²) in [5.74, 6) is 1.98. The summed E-state index contributed by atoms with van der Waals surface area (Å²) < 4.78 is 16.8. The third-order valence-electron chi connectivity index (χ3n) is 4.41. The third-order valence-corrected chi connectivity index (χ3v) is 4.41. The van der Waals surface area contributed by atoms with E-state index in [1.165, 1.54) is 0 Å². The van der Waals surface area contributed by atoms with Crippen LogP contribution >= 0.6 is 0 Å². The summed E-state index contributed by atoms with van der Waals surface area (Å²) in [4.78, 5) is 20.3. The Kier molecular flexibility index (Phi) is 5.62. The maximum absolute atomic E-state index is 12.0. The van der Waals surface area contributed by atoms with E-state index < -0.39 is 5.41 Å². The number of nitrogen functional groups attached to an aromatic ring is 1. The number of hydrogen-bond acceptors (Lipinski definition) is 8. The van der Waals surface area contributed by atoms with E-state index in [1.54, 1.807) is 50.2 Å². The number of rotatable bonds is 5. The Morgan fingerprint density at radius 3 is 2.50 bits per heavy atom. The van der Waals surface area contributed by atoms with E-state index >= 15 is 0 Å². The summed E-state index contributed by atoms with van der Waals surface area (Å²) >= 11 is 0. The van der Waals surface area contributed by atoms with Crippen LogP contribution in [0.1, 0.15) is 25.6 Å². The number of ether oxygens (including phenoxy) is 3. The fourth-order valence-corrected chi connectivity index (χ4v) is 2.73. The number of nitrogens with two attached hydrogens (primary N) is 1. The second-order valence-corrected chi connectivity index (χ2v) is 6.17. The van der Waals surface area contributed by atoms with Crippen molar-refractivity contribution in [3.05, 3.63) is 42.5 Å². The number of carbonyl (C=O) groups excluding carboxylic acids is 1. The van der Waals surface area contributed by atoms with Gasteiger partial charge >= 0.3 is 5.97 Å². The molecule has 0 unspecified atom stereocenters. The van der Waals surface area contributed by atoms with Crippen LogP contribution in [0.25, 0.3) is 5.65 Å². The lowest BCUT2D eigenvalue weighted by Gasteiger charge is -2.08. The van der Waals surface area contributed by atoms with Gasteiger partial charge in [-0.15, -0.1) is 5.10 Å². The molecule has 1 aliphatic carbocycles. The van der Waals surface area contributed by atoms with Gasteiger partial charge in [0, 0.05) is 12.4 Å². The molecule has 0 bridgehead atoms. The second-order valence-electron chi connectivity index (χ2n) is 6.17. The molecular weight excluding hydrogens is 362 g/mol. The molecule has 0 aromatic carbocycles. The fraction of sp³-hybridized carbons (Fsp3) is 0.368. The molecule has 9 nitrogen and oxygen atoms in total. The van der Waals surface area contributed by atoms with E-state index in [1.807, 2.05) is 12.1 Å². The highest BCUT2D eigenvalue weighted by atomic mass is 16.5. The first-order chi connectivity index (χ1) is 13.6. The number of hydrogen-bond donors (Lipinski definition) is 1. The number of nitrogens with zero attached hydrogens (tertiary/aromatic N) is 4. The minimum Gasteiger partial charge on any atom is -0.493 e. The summed E-state index contributed by atoms with van der Waals surface area (Å²) in [6.45, 7) is 2.17. The van der Waals surface area contributed by atoms with Crippen LogP contribution in [0.3, 0.4) is 0 Å². The first-order valence-electron chi connectivity index (χ1n) is 8.87. The van der Waals surface area contributed by atoms with E-state index in [0.717, 1.165) is 12.8 Å². The molecule has 1 saturated carbocycles. The number of fused-ring (bicyclic) bond motifs is 1. The van der Waals surface area contributed by atoms with Crippen LogP contribution in [0.5, 0.6) is 11.5 Å². The van der Waals surface area contributed by atoms with Crippen LogP contribution in [0, 0.1) is 0 Å². The van der Waals surface area contributed by atoms with Gasteiger partial charge in [0.05, 0.1) is 20.8 Å². The predicted octanol–water partition coefficient (Wildman–Crippen LogP) is 2.00. The van der Waals surface area contributed by atoms with Gasteiger partial charge in [-0.25, -0.2) is 14.5 Å². The highest BCUT2D eigenvalue weighted by Gasteiger charge is 2.56. The van der Waals surface area contributed by atoms with Crippen LogP contribution in [-0.4, -0.2) is 46.4 Å². The molecule has 148 valence electrons. The van der Waals surface area contributed by atoms with Gasteiger partial charge in [-0.05, 0) is 44.0 Å². The molecule has 3 heterocycles. The highest BCUT2D eigenvalue weighted by molar-refractivity contribution is 5.85. The highest BCUT2D eigenvalue weighted by Crippen LogP contribution is 2.48. The number of pyridine rings is 2. The largest absolute Gasteiger partial charge is 0.493 e. The van der Waals surface area contributed by atoms with E-state index in [0.29, 0.717) is 35.4 Å². The van der Waals surface area contributed by atoms with Gasteiger partial charge in [-0.1, -0.05) is 0 Å². The molecule has 9 heteroatoms. The quantitative estimate of drug-likeness (QED) is 0.664. The molecule has 2 N–H and O–H groups in total. The number of carbonyl (C=O) groups is 1. The molecule has 0 atom stereocenters. The minimum atomic E-state index is -0.646. The summed E-state index contributed by atoms with van der Waals surface area (Å²) in [6, 6.07) is 7.18. The number of methoxy groups -OCH3 is 2. The zero-order chi connectivity index (χ0) is 20.1. The molecule has 28 heavy (non-hydrogen) atoms. The fourth-order valence-electron chi connectivity index (χ4n) is 2.73. The van der Waals surface area contributed by atoms with Gasteiger partial charge in [0.2, 0.25) is 0 Å². The van der Waals surface area contributed by atoms with E-state index in [2.05, 4.69) is 15.1 Å². The number of aromatic nitrogens is 4. The molecule has 0 saturated heterocycles. The molecule has 3 aromatic heterocycles. The Hall–Kier alpha value is -3.36. The monoisotopic (exact) mass is 385 g/mol. The Morgan fingerprint density at radius 1 is 1.21 bits per heavy atom. The normalized spacial score (nSPS) is 14.0. The summed E-state index contributed by atoms with van der Waals surface area (Å²) in [5, 5.41) is 4.38. The number of esters is 1. The van der Waals surface area contributed by atoms with Crippen molar-refractivity contribution in [2.75, 3.05) is 26.6 Å². The lowest BCUT2D eigenvalue weighted by molar-refractivity contribution is -0.146. The predicted molar refractivity (Wildman–Crippen MR) is 102 cm³/mol. The number of anilines is 1. The van der Waals surface area contributed by atoms with Gasteiger partial charge in [0.15, 0.2) is 28.8 Å². The molecule has 1 fully saturated rings. The van der Waals surface area contributed by atoms with Crippen molar-refractivity contribution in [2.24, 2.45) is 0 Å². The standard InChI is InChI=1S/C13H15N3O3.C6H8N2O/c1-3-19-12(17)13(6-7-13)11-14-10-9(18-2)5-4-8-16(10)15-11;1-9-5-3-2-4-8-6(5)7/h4-5,8H,3,6-7H2,1-2H3;2-4H,1H3,(H2,7,8). The zero-order valence-corrected chi connectivity index (χ0v) is 16.1. The molecular formula is C19H23N5O4. The molecule has 0 aliphatic heterocycles.